The van der Waals surface area contributed by atoms with E-state index < -0.39 is 6.17 Å². The van der Waals surface area contributed by atoms with Gasteiger partial charge in [0.25, 0.3) is 0 Å². The van der Waals surface area contributed by atoms with E-state index >= 15 is 0 Å². The Bertz CT molecular complexity index is 89.1. The minimum atomic E-state index is -0.641. The Hall–Kier alpha value is 0.370. The molecular weight excluding hydrogens is 185 g/mol. The topological polar surface area (TPSA) is 12.0 Å². The second-order valence-corrected chi connectivity index (χ2v) is 2.97. The Labute approximate surface area is 63.4 Å². The second-order valence-electron chi connectivity index (χ2n) is 2.52. The third kappa shape index (κ3) is 1.90. The zero-order chi connectivity index (χ0) is 6.69. The van der Waals surface area contributed by atoms with Crippen molar-refractivity contribution in [2.24, 2.45) is 0 Å². The summed E-state index contributed by atoms with van der Waals surface area (Å²) in [5.74, 6) is 0. The summed E-state index contributed by atoms with van der Waals surface area (Å²) in [6.07, 6.45) is 3.25. The van der Waals surface area contributed by atoms with Crippen molar-refractivity contribution >= 4 is 16.1 Å². The fraction of sp³-hybridized carbons (Fsp3) is 1.00. The summed E-state index contributed by atoms with van der Waals surface area (Å²) in [4.78, 5) is 0. The number of rotatable bonds is 1. The molecule has 0 heterocycles. The van der Waals surface area contributed by atoms with Crippen molar-refractivity contribution in [2.45, 2.75) is 37.9 Å². The van der Waals surface area contributed by atoms with E-state index in [2.05, 4.69) is 20.5 Å². The van der Waals surface area contributed by atoms with Gasteiger partial charge in [-0.15, -0.1) is 0 Å². The number of alkyl halides is 1. The van der Waals surface area contributed by atoms with Crippen LogP contribution in [0.25, 0.3) is 0 Å². The average Bonchev–Trinajstić information content (AvgIpc) is 1.89. The van der Waals surface area contributed by atoms with E-state index in [9.17, 15) is 4.39 Å². The van der Waals surface area contributed by atoms with E-state index in [-0.39, 0.29) is 6.04 Å². The molecule has 0 aliphatic heterocycles. The van der Waals surface area contributed by atoms with Crippen LogP contribution in [0.2, 0.25) is 0 Å². The van der Waals surface area contributed by atoms with Crippen molar-refractivity contribution in [3.63, 3.8) is 0 Å². The van der Waals surface area contributed by atoms with Gasteiger partial charge >= 0.3 is 0 Å². The second kappa shape index (κ2) is 3.52. The summed E-state index contributed by atoms with van der Waals surface area (Å²) in [5, 5.41) is 0. The summed E-state index contributed by atoms with van der Waals surface area (Å²) in [7, 11) is 0. The highest BCUT2D eigenvalue weighted by molar-refractivity contribution is 9.08. The zero-order valence-electron chi connectivity index (χ0n) is 5.24. The van der Waals surface area contributed by atoms with Crippen LogP contribution in [0.4, 0.5) is 4.39 Å². The molecule has 54 valence electrons. The Morgan fingerprint density at radius 2 is 2.00 bits per heavy atom. The molecule has 0 bridgehead atoms. The third-order valence-corrected chi connectivity index (χ3v) is 2.41. The van der Waals surface area contributed by atoms with E-state index in [0.29, 0.717) is 0 Å². The Balaban J connectivity index is 2.30. The van der Waals surface area contributed by atoms with Crippen LogP contribution in [0.15, 0.2) is 0 Å². The molecule has 1 N–H and O–H groups in total. The van der Waals surface area contributed by atoms with Crippen LogP contribution in [-0.2, 0) is 0 Å². The molecule has 0 aromatic heterocycles. The van der Waals surface area contributed by atoms with Gasteiger partial charge < -0.3 is 0 Å². The lowest BCUT2D eigenvalue weighted by Gasteiger charge is -2.23. The van der Waals surface area contributed by atoms with Crippen LogP contribution in [0, 0.1) is 0 Å². The lowest BCUT2D eigenvalue weighted by atomic mass is 9.95. The summed E-state index contributed by atoms with van der Waals surface area (Å²) in [6.45, 7) is 0. The van der Waals surface area contributed by atoms with Gasteiger partial charge in [0.05, 0.1) is 0 Å². The third-order valence-electron chi connectivity index (χ3n) is 1.82. The lowest BCUT2D eigenvalue weighted by Crippen LogP contribution is -2.34. The Kier molecular flexibility index (Phi) is 2.92. The van der Waals surface area contributed by atoms with E-state index in [1.54, 1.807) is 0 Å². The molecule has 1 nitrogen and oxygen atoms in total. The minimum Gasteiger partial charge on any atom is -0.250 e. The fourth-order valence-corrected chi connectivity index (χ4v) is 1.72. The molecule has 1 saturated carbocycles. The van der Waals surface area contributed by atoms with Crippen molar-refractivity contribution in [2.75, 3.05) is 0 Å². The molecule has 1 aliphatic carbocycles. The summed E-state index contributed by atoms with van der Waals surface area (Å²) in [5.41, 5.74) is 0. The molecule has 0 aromatic rings. The maximum Gasteiger partial charge on any atom is 0.116 e. The molecule has 3 heteroatoms. The minimum absolute atomic E-state index is 0.0544. The van der Waals surface area contributed by atoms with Crippen LogP contribution < -0.4 is 4.34 Å². The maximum absolute atomic E-state index is 12.8. The first-order chi connectivity index (χ1) is 4.34. The van der Waals surface area contributed by atoms with Gasteiger partial charge in [0.2, 0.25) is 0 Å². The fourth-order valence-electron chi connectivity index (χ4n) is 1.21. The van der Waals surface area contributed by atoms with Crippen molar-refractivity contribution in [1.82, 2.24) is 4.34 Å². The smallest absolute Gasteiger partial charge is 0.116 e. The SMILES string of the molecule is F[C@@H]1CCCC[C@H]1NBr. The maximum atomic E-state index is 12.8. The molecule has 1 fully saturated rings. The molecule has 1 rings (SSSR count). The molecule has 2 atom stereocenters. The predicted octanol–water partition coefficient (Wildman–Crippen LogP) is 2.17. The van der Waals surface area contributed by atoms with Gasteiger partial charge in [0.15, 0.2) is 0 Å². The van der Waals surface area contributed by atoms with Crippen molar-refractivity contribution < 1.29 is 4.39 Å². The number of hydrogen-bond donors (Lipinski definition) is 1. The van der Waals surface area contributed by atoms with Gasteiger partial charge in [-0.2, -0.15) is 0 Å². The van der Waals surface area contributed by atoms with Crippen molar-refractivity contribution in [3.05, 3.63) is 0 Å². The first-order valence-corrected chi connectivity index (χ1v) is 4.14. The monoisotopic (exact) mass is 195 g/mol. The van der Waals surface area contributed by atoms with Crippen molar-refractivity contribution in [1.29, 1.82) is 0 Å². The highest BCUT2D eigenvalue weighted by Gasteiger charge is 2.22. The lowest BCUT2D eigenvalue weighted by molar-refractivity contribution is 0.210. The van der Waals surface area contributed by atoms with Gasteiger partial charge in [-0.3, -0.25) is 0 Å². The van der Waals surface area contributed by atoms with Gasteiger partial charge in [-0.05, 0) is 12.8 Å². The number of hydrogen-bond acceptors (Lipinski definition) is 1. The standard InChI is InChI=1S/C6H11BrFN/c7-9-6-4-2-1-3-5(6)8/h5-6,9H,1-4H2/t5-,6-/m1/s1. The van der Waals surface area contributed by atoms with Gasteiger partial charge in [-0.25, -0.2) is 8.73 Å². The van der Waals surface area contributed by atoms with E-state index in [1.807, 2.05) is 0 Å². The quantitative estimate of drug-likeness (QED) is 0.633. The normalized spacial score (nSPS) is 36.7. The molecule has 0 spiro atoms. The van der Waals surface area contributed by atoms with E-state index in [0.717, 1.165) is 25.7 Å². The highest BCUT2D eigenvalue weighted by Crippen LogP contribution is 2.21. The van der Waals surface area contributed by atoms with Crippen LogP contribution in [0.3, 0.4) is 0 Å². The first-order valence-electron chi connectivity index (χ1n) is 3.35. The largest absolute Gasteiger partial charge is 0.250 e. The van der Waals surface area contributed by atoms with Crippen LogP contribution in [0.5, 0.6) is 0 Å². The van der Waals surface area contributed by atoms with E-state index in [1.165, 1.54) is 0 Å². The Morgan fingerprint density at radius 1 is 1.33 bits per heavy atom. The zero-order valence-corrected chi connectivity index (χ0v) is 6.83. The molecule has 0 aromatic carbocycles. The van der Waals surface area contributed by atoms with Crippen LogP contribution in [-0.4, -0.2) is 12.2 Å². The number of nitrogens with one attached hydrogen (secondary N) is 1. The Morgan fingerprint density at radius 3 is 2.44 bits per heavy atom. The summed E-state index contributed by atoms with van der Waals surface area (Å²) >= 11 is 3.06. The molecule has 0 radical (unpaired) electrons. The predicted molar refractivity (Wildman–Crippen MR) is 39.2 cm³/mol. The van der Waals surface area contributed by atoms with Gasteiger partial charge in [0.1, 0.15) is 6.17 Å². The van der Waals surface area contributed by atoms with Gasteiger partial charge in [-0.1, -0.05) is 12.8 Å². The summed E-state index contributed by atoms with van der Waals surface area (Å²) in [6, 6.07) is 0.0544. The first kappa shape index (κ1) is 7.48. The van der Waals surface area contributed by atoms with Crippen LogP contribution >= 0.6 is 16.1 Å². The molecule has 0 saturated heterocycles. The molecule has 1 aliphatic rings. The van der Waals surface area contributed by atoms with Crippen LogP contribution in [0.1, 0.15) is 25.7 Å². The summed E-state index contributed by atoms with van der Waals surface area (Å²) < 4.78 is 15.5. The molecule has 0 amide bonds. The highest BCUT2D eigenvalue weighted by atomic mass is 79.9. The van der Waals surface area contributed by atoms with E-state index in [4.69, 9.17) is 0 Å². The molecule has 9 heavy (non-hydrogen) atoms. The van der Waals surface area contributed by atoms with Crippen molar-refractivity contribution in [3.8, 4) is 0 Å². The number of halogens is 2. The molecular formula is C6H11BrFN. The van der Waals surface area contributed by atoms with Gasteiger partial charge in [0, 0.05) is 22.2 Å². The average molecular weight is 196 g/mol. The molecule has 0 unspecified atom stereocenters.